The van der Waals surface area contributed by atoms with Gasteiger partial charge in [0.1, 0.15) is 11.6 Å². The van der Waals surface area contributed by atoms with E-state index >= 15 is 0 Å². The Morgan fingerprint density at radius 2 is 1.88 bits per heavy atom. The molecular formula is C23H18N4O5. The molecule has 0 saturated heterocycles. The fraction of sp³-hybridized carbons (Fsp3) is 0.0870. The van der Waals surface area contributed by atoms with Crippen LogP contribution in [0.3, 0.4) is 0 Å². The first-order chi connectivity index (χ1) is 15.2. The van der Waals surface area contributed by atoms with Crippen molar-refractivity contribution in [1.29, 1.82) is 5.26 Å². The third kappa shape index (κ3) is 4.55. The quantitative estimate of drug-likeness (QED) is 0.259. The average molecular weight is 430 g/mol. The van der Waals surface area contributed by atoms with Crippen LogP contribution in [0.4, 0.5) is 11.4 Å². The molecule has 0 atom stereocenters. The van der Waals surface area contributed by atoms with Crippen LogP contribution in [-0.4, -0.2) is 26.5 Å². The van der Waals surface area contributed by atoms with E-state index in [1.54, 1.807) is 29.7 Å². The highest BCUT2D eigenvalue weighted by atomic mass is 16.6. The summed E-state index contributed by atoms with van der Waals surface area (Å²) in [5, 5.41) is 32.2. The second-order valence-corrected chi connectivity index (χ2v) is 6.95. The van der Waals surface area contributed by atoms with Gasteiger partial charge in [-0.25, -0.2) is 4.79 Å². The van der Waals surface area contributed by atoms with Crippen LogP contribution in [0.2, 0.25) is 0 Å². The monoisotopic (exact) mass is 430 g/mol. The van der Waals surface area contributed by atoms with E-state index in [1.807, 2.05) is 13.0 Å². The van der Waals surface area contributed by atoms with E-state index in [2.05, 4.69) is 5.32 Å². The maximum atomic E-state index is 12.6. The first kappa shape index (κ1) is 22.0. The molecule has 9 nitrogen and oxygen atoms in total. The summed E-state index contributed by atoms with van der Waals surface area (Å²) in [6.07, 6.45) is 1.42. The van der Waals surface area contributed by atoms with Crippen molar-refractivity contribution in [2.75, 3.05) is 5.32 Å². The van der Waals surface area contributed by atoms with Gasteiger partial charge in [-0.1, -0.05) is 12.1 Å². The van der Waals surface area contributed by atoms with E-state index in [1.165, 1.54) is 42.5 Å². The zero-order valence-electron chi connectivity index (χ0n) is 17.2. The number of nitriles is 1. The Morgan fingerprint density at radius 3 is 2.53 bits per heavy atom. The van der Waals surface area contributed by atoms with Crippen molar-refractivity contribution >= 4 is 29.3 Å². The summed E-state index contributed by atoms with van der Waals surface area (Å²) < 4.78 is 1.79. The van der Waals surface area contributed by atoms with Gasteiger partial charge in [-0.05, 0) is 55.8 Å². The molecule has 3 rings (SSSR count). The molecule has 32 heavy (non-hydrogen) atoms. The second-order valence-electron chi connectivity index (χ2n) is 6.95. The standard InChI is InChI=1S/C23H18N4O5/c1-14-9-17(15(2)26(14)20-7-4-8-21(12-20)27(31)32)10-18(13-24)22(28)25-19-6-3-5-16(11-19)23(29)30/h3-12H,1-2H3,(H,25,28)(H,29,30)/b18-10-. The first-order valence-corrected chi connectivity index (χ1v) is 9.41. The Balaban J connectivity index is 1.94. The van der Waals surface area contributed by atoms with Gasteiger partial charge in [0.05, 0.1) is 16.2 Å². The lowest BCUT2D eigenvalue weighted by Crippen LogP contribution is -2.14. The predicted octanol–water partition coefficient (Wildman–Crippen LogP) is 4.25. The summed E-state index contributed by atoms with van der Waals surface area (Å²) >= 11 is 0. The zero-order valence-corrected chi connectivity index (χ0v) is 17.2. The summed E-state index contributed by atoms with van der Waals surface area (Å²) in [5.74, 6) is -1.82. The molecule has 1 heterocycles. The number of nitro groups is 1. The smallest absolute Gasteiger partial charge is 0.335 e. The minimum atomic E-state index is -1.13. The number of hydrogen-bond acceptors (Lipinski definition) is 5. The molecule has 0 saturated carbocycles. The van der Waals surface area contributed by atoms with E-state index in [-0.39, 0.29) is 22.5 Å². The van der Waals surface area contributed by atoms with Crippen LogP contribution in [0.15, 0.2) is 60.2 Å². The molecule has 1 amide bonds. The number of nitrogens with zero attached hydrogens (tertiary/aromatic N) is 3. The SMILES string of the molecule is Cc1cc(/C=C(/C#N)C(=O)Nc2cccc(C(=O)O)c2)c(C)n1-c1cccc([N+](=O)[O-])c1. The van der Waals surface area contributed by atoms with Crippen molar-refractivity contribution in [3.05, 3.63) is 92.8 Å². The predicted molar refractivity (Wildman–Crippen MR) is 118 cm³/mol. The molecule has 9 heteroatoms. The summed E-state index contributed by atoms with van der Waals surface area (Å²) in [4.78, 5) is 34.3. The molecule has 2 N–H and O–H groups in total. The third-order valence-electron chi connectivity index (χ3n) is 4.80. The lowest BCUT2D eigenvalue weighted by atomic mass is 10.1. The molecule has 0 aliphatic carbocycles. The maximum absolute atomic E-state index is 12.6. The van der Waals surface area contributed by atoms with Crippen LogP contribution in [0, 0.1) is 35.3 Å². The highest BCUT2D eigenvalue weighted by molar-refractivity contribution is 6.10. The number of carboxylic acids is 1. The number of amides is 1. The van der Waals surface area contributed by atoms with Crippen molar-refractivity contribution in [3.8, 4) is 11.8 Å². The molecular weight excluding hydrogens is 412 g/mol. The van der Waals surface area contributed by atoms with Crippen LogP contribution in [0.5, 0.6) is 0 Å². The number of carbonyl (C=O) groups excluding carboxylic acids is 1. The van der Waals surface area contributed by atoms with Gasteiger partial charge in [0.25, 0.3) is 11.6 Å². The highest BCUT2D eigenvalue weighted by Gasteiger charge is 2.16. The second kappa shape index (κ2) is 8.97. The molecule has 2 aromatic carbocycles. The normalized spacial score (nSPS) is 11.0. The molecule has 0 radical (unpaired) electrons. The van der Waals surface area contributed by atoms with E-state index in [4.69, 9.17) is 5.11 Å². The summed E-state index contributed by atoms with van der Waals surface area (Å²) in [7, 11) is 0. The molecule has 3 aromatic rings. The minimum Gasteiger partial charge on any atom is -0.478 e. The number of nitrogens with one attached hydrogen (secondary N) is 1. The number of anilines is 1. The molecule has 1 aromatic heterocycles. The van der Waals surface area contributed by atoms with E-state index in [0.29, 0.717) is 16.9 Å². The summed E-state index contributed by atoms with van der Waals surface area (Å²) in [5.41, 5.74) is 2.67. The Morgan fingerprint density at radius 1 is 1.16 bits per heavy atom. The zero-order chi connectivity index (χ0) is 23.4. The van der Waals surface area contributed by atoms with Gasteiger partial charge >= 0.3 is 5.97 Å². The minimum absolute atomic E-state index is 0.00536. The van der Waals surface area contributed by atoms with Gasteiger partial charge in [0.2, 0.25) is 0 Å². The maximum Gasteiger partial charge on any atom is 0.335 e. The molecule has 0 spiro atoms. The molecule has 0 unspecified atom stereocenters. The Bertz CT molecular complexity index is 1310. The van der Waals surface area contributed by atoms with Gasteiger partial charge in [0, 0.05) is 29.2 Å². The number of aryl methyl sites for hydroxylation is 1. The van der Waals surface area contributed by atoms with Crippen LogP contribution in [0.25, 0.3) is 11.8 Å². The third-order valence-corrected chi connectivity index (χ3v) is 4.80. The van der Waals surface area contributed by atoms with Crippen LogP contribution in [0.1, 0.15) is 27.3 Å². The number of rotatable bonds is 6. The molecule has 160 valence electrons. The lowest BCUT2D eigenvalue weighted by Gasteiger charge is -2.09. The average Bonchev–Trinajstić information content (AvgIpc) is 3.04. The Kier molecular flexibility index (Phi) is 6.16. The number of non-ortho nitro benzene ring substituents is 1. The van der Waals surface area contributed by atoms with Gasteiger partial charge in [-0.3, -0.25) is 14.9 Å². The van der Waals surface area contributed by atoms with Crippen molar-refractivity contribution in [3.63, 3.8) is 0 Å². The number of benzene rings is 2. The van der Waals surface area contributed by atoms with E-state index in [9.17, 15) is 25.0 Å². The van der Waals surface area contributed by atoms with Crippen LogP contribution < -0.4 is 5.32 Å². The molecule has 0 fully saturated rings. The molecule has 0 bridgehead atoms. The van der Waals surface area contributed by atoms with Gasteiger partial charge in [-0.15, -0.1) is 0 Å². The Hall–Kier alpha value is -4.71. The number of aromatic carboxylic acids is 1. The van der Waals surface area contributed by atoms with Crippen molar-refractivity contribution in [2.45, 2.75) is 13.8 Å². The summed E-state index contributed by atoms with van der Waals surface area (Å²) in [6, 6.07) is 15.5. The number of aromatic nitrogens is 1. The number of hydrogen-bond donors (Lipinski definition) is 2. The van der Waals surface area contributed by atoms with Crippen LogP contribution >= 0.6 is 0 Å². The van der Waals surface area contributed by atoms with Crippen LogP contribution in [-0.2, 0) is 4.79 Å². The largest absolute Gasteiger partial charge is 0.478 e. The first-order valence-electron chi connectivity index (χ1n) is 9.41. The van der Waals surface area contributed by atoms with Gasteiger partial charge in [-0.2, -0.15) is 5.26 Å². The Labute approximate surface area is 183 Å². The summed E-state index contributed by atoms with van der Waals surface area (Å²) in [6.45, 7) is 3.59. The van der Waals surface area contributed by atoms with Crippen molar-refractivity contribution in [1.82, 2.24) is 4.57 Å². The number of carboxylic acid groups (broad SMARTS) is 1. The molecule has 0 aliphatic heterocycles. The van der Waals surface area contributed by atoms with Crippen molar-refractivity contribution in [2.24, 2.45) is 0 Å². The van der Waals surface area contributed by atoms with Gasteiger partial charge in [0.15, 0.2) is 0 Å². The number of nitro benzene ring substituents is 1. The van der Waals surface area contributed by atoms with E-state index in [0.717, 1.165) is 5.69 Å². The lowest BCUT2D eigenvalue weighted by molar-refractivity contribution is -0.384. The molecule has 0 aliphatic rings. The highest BCUT2D eigenvalue weighted by Crippen LogP contribution is 2.25. The fourth-order valence-corrected chi connectivity index (χ4v) is 3.31. The van der Waals surface area contributed by atoms with Crippen molar-refractivity contribution < 1.29 is 19.6 Å². The van der Waals surface area contributed by atoms with Gasteiger partial charge < -0.3 is 15.0 Å². The van der Waals surface area contributed by atoms with E-state index < -0.39 is 16.8 Å². The number of carbonyl (C=O) groups is 2. The fourth-order valence-electron chi connectivity index (χ4n) is 3.31. The topological polar surface area (TPSA) is 138 Å².